The van der Waals surface area contributed by atoms with Crippen LogP contribution in [0.2, 0.25) is 0 Å². The van der Waals surface area contributed by atoms with Crippen molar-refractivity contribution < 1.29 is 13.2 Å². The van der Waals surface area contributed by atoms with E-state index >= 15 is 0 Å². The highest BCUT2D eigenvalue weighted by Crippen LogP contribution is 2.38. The van der Waals surface area contributed by atoms with Crippen LogP contribution >= 0.6 is 34.4 Å². The monoisotopic (exact) mass is 449 g/mol. The summed E-state index contributed by atoms with van der Waals surface area (Å²) in [5.74, 6) is -0.198. The lowest BCUT2D eigenvalue weighted by Crippen LogP contribution is -2.14. The Morgan fingerprint density at radius 3 is 2.32 bits per heavy atom. The number of sulfone groups is 1. The third-order valence-electron chi connectivity index (χ3n) is 4.03. The molecule has 0 unspecified atom stereocenters. The second-order valence-corrected chi connectivity index (χ2v) is 11.2. The summed E-state index contributed by atoms with van der Waals surface area (Å²) in [7, 11) is -3.24. The summed E-state index contributed by atoms with van der Waals surface area (Å²) in [5.41, 5.74) is 2.51. The highest BCUT2D eigenvalue weighted by atomic mass is 32.2. The Bertz CT molecular complexity index is 1290. The minimum atomic E-state index is -3.24. The topological polar surface area (TPSA) is 89.0 Å². The summed E-state index contributed by atoms with van der Waals surface area (Å²) >= 11 is 4.67. The molecule has 0 bridgehead atoms. The van der Waals surface area contributed by atoms with Gasteiger partial charge in [-0.25, -0.2) is 18.4 Å². The standard InChI is InChI=1S/C18H15N3O3S4/c1-25-18-20-13-8-7-12-15(16(13)27-18)26-17(19-12)21-14(22)9-10-3-5-11(6-4-10)28(2,23)24/h3-8H,9H2,1-2H3,(H,19,21,22). The van der Waals surface area contributed by atoms with E-state index in [1.54, 1.807) is 35.2 Å². The lowest BCUT2D eigenvalue weighted by molar-refractivity contribution is -0.115. The van der Waals surface area contributed by atoms with Crippen LogP contribution in [0.15, 0.2) is 45.6 Å². The SMILES string of the molecule is CSc1nc2ccc3nc(NC(=O)Cc4ccc(S(C)(=O)=O)cc4)sc3c2s1. The lowest BCUT2D eigenvalue weighted by atomic mass is 10.1. The average molecular weight is 450 g/mol. The molecule has 4 aromatic rings. The fourth-order valence-corrected chi connectivity index (χ4v) is 6.00. The number of carbonyl (C=O) groups is 1. The molecule has 1 N–H and O–H groups in total. The van der Waals surface area contributed by atoms with E-state index in [0.29, 0.717) is 5.13 Å². The van der Waals surface area contributed by atoms with E-state index in [4.69, 9.17) is 0 Å². The zero-order valence-corrected chi connectivity index (χ0v) is 18.2. The number of carbonyl (C=O) groups excluding carboxylic acids is 1. The number of fused-ring (bicyclic) bond motifs is 3. The number of thioether (sulfide) groups is 1. The maximum Gasteiger partial charge on any atom is 0.230 e. The quantitative estimate of drug-likeness (QED) is 0.459. The van der Waals surface area contributed by atoms with Crippen LogP contribution in [0.5, 0.6) is 0 Å². The number of rotatable bonds is 5. The summed E-state index contributed by atoms with van der Waals surface area (Å²) in [6.45, 7) is 0. The van der Waals surface area contributed by atoms with Gasteiger partial charge >= 0.3 is 0 Å². The Kier molecular flexibility index (Phi) is 5.13. The highest BCUT2D eigenvalue weighted by molar-refractivity contribution is 8.00. The summed E-state index contributed by atoms with van der Waals surface area (Å²) in [6.07, 6.45) is 3.30. The number of anilines is 1. The van der Waals surface area contributed by atoms with Crippen molar-refractivity contribution in [2.24, 2.45) is 0 Å². The van der Waals surface area contributed by atoms with Crippen molar-refractivity contribution in [1.29, 1.82) is 0 Å². The number of thiazole rings is 2. The minimum Gasteiger partial charge on any atom is -0.302 e. The number of aromatic nitrogens is 2. The van der Waals surface area contributed by atoms with Crippen LogP contribution in [0.3, 0.4) is 0 Å². The van der Waals surface area contributed by atoms with Gasteiger partial charge in [0.2, 0.25) is 5.91 Å². The molecule has 0 radical (unpaired) electrons. The van der Waals surface area contributed by atoms with Gasteiger partial charge in [0, 0.05) is 6.26 Å². The molecule has 144 valence electrons. The van der Waals surface area contributed by atoms with Gasteiger partial charge in [0.1, 0.15) is 0 Å². The predicted octanol–water partition coefficient (Wildman–Crippen LogP) is 4.21. The Labute approximate surface area is 173 Å². The third-order valence-corrected chi connectivity index (χ3v) is 8.37. The number of amides is 1. The van der Waals surface area contributed by atoms with Gasteiger partial charge in [-0.05, 0) is 36.1 Å². The normalized spacial score (nSPS) is 11.9. The van der Waals surface area contributed by atoms with Crippen molar-refractivity contribution >= 4 is 75.7 Å². The molecule has 1 amide bonds. The van der Waals surface area contributed by atoms with Crippen LogP contribution in [0.4, 0.5) is 5.13 Å². The van der Waals surface area contributed by atoms with Gasteiger partial charge < -0.3 is 5.32 Å². The molecule has 6 nitrogen and oxygen atoms in total. The molecule has 0 aliphatic rings. The maximum atomic E-state index is 12.4. The molecule has 0 spiro atoms. The molecule has 28 heavy (non-hydrogen) atoms. The first-order valence-electron chi connectivity index (χ1n) is 8.16. The van der Waals surface area contributed by atoms with Crippen molar-refractivity contribution in [3.63, 3.8) is 0 Å². The van der Waals surface area contributed by atoms with E-state index in [0.717, 1.165) is 36.6 Å². The fraction of sp³-hybridized carbons (Fsp3) is 0.167. The van der Waals surface area contributed by atoms with E-state index in [1.807, 2.05) is 18.4 Å². The van der Waals surface area contributed by atoms with Crippen LogP contribution in [0.25, 0.3) is 20.4 Å². The Morgan fingerprint density at radius 1 is 1.04 bits per heavy atom. The molecule has 0 saturated carbocycles. The largest absolute Gasteiger partial charge is 0.302 e. The third kappa shape index (κ3) is 3.90. The maximum absolute atomic E-state index is 12.4. The first-order chi connectivity index (χ1) is 13.3. The van der Waals surface area contributed by atoms with Gasteiger partial charge in [0.25, 0.3) is 0 Å². The van der Waals surface area contributed by atoms with Crippen LogP contribution in [-0.2, 0) is 21.1 Å². The van der Waals surface area contributed by atoms with Crippen molar-refractivity contribution in [1.82, 2.24) is 9.97 Å². The molecule has 4 rings (SSSR count). The summed E-state index contributed by atoms with van der Waals surface area (Å²) in [5, 5.41) is 3.38. The Morgan fingerprint density at radius 2 is 1.68 bits per heavy atom. The van der Waals surface area contributed by atoms with Crippen molar-refractivity contribution in [2.75, 3.05) is 17.8 Å². The molecule has 0 fully saturated rings. The number of hydrogen-bond donors (Lipinski definition) is 1. The molecule has 0 aliphatic carbocycles. The van der Waals surface area contributed by atoms with Gasteiger partial charge in [-0.3, -0.25) is 4.79 Å². The van der Waals surface area contributed by atoms with Crippen molar-refractivity contribution in [2.45, 2.75) is 15.7 Å². The summed E-state index contributed by atoms with van der Waals surface area (Å²) < 4.78 is 26.1. The number of benzene rings is 2. The molecule has 10 heteroatoms. The van der Waals surface area contributed by atoms with Crippen LogP contribution < -0.4 is 5.32 Å². The van der Waals surface area contributed by atoms with Gasteiger partial charge in [-0.15, -0.1) is 11.3 Å². The van der Waals surface area contributed by atoms with Crippen molar-refractivity contribution in [3.8, 4) is 0 Å². The second kappa shape index (κ2) is 7.43. The molecule has 2 heterocycles. The highest BCUT2D eigenvalue weighted by Gasteiger charge is 2.14. The van der Waals surface area contributed by atoms with Gasteiger partial charge in [-0.1, -0.05) is 35.2 Å². The Balaban J connectivity index is 1.53. The smallest absolute Gasteiger partial charge is 0.230 e. The minimum absolute atomic E-state index is 0.145. The zero-order chi connectivity index (χ0) is 19.9. The van der Waals surface area contributed by atoms with E-state index in [9.17, 15) is 13.2 Å². The van der Waals surface area contributed by atoms with E-state index in [2.05, 4.69) is 15.3 Å². The fourth-order valence-electron chi connectivity index (χ4n) is 2.70. The molecule has 0 aliphatic heterocycles. The molecule has 2 aromatic carbocycles. The van der Waals surface area contributed by atoms with Gasteiger partial charge in [0.05, 0.1) is 31.7 Å². The molecular weight excluding hydrogens is 434 g/mol. The van der Waals surface area contributed by atoms with E-state index in [1.165, 1.54) is 23.5 Å². The Hall–Kier alpha value is -2.01. The molecule has 0 atom stereocenters. The molecule has 0 saturated heterocycles. The van der Waals surface area contributed by atoms with Crippen LogP contribution in [0.1, 0.15) is 5.56 Å². The van der Waals surface area contributed by atoms with E-state index in [-0.39, 0.29) is 17.2 Å². The first-order valence-corrected chi connectivity index (χ1v) is 12.9. The second-order valence-electron chi connectivity index (χ2n) is 6.11. The van der Waals surface area contributed by atoms with Gasteiger partial charge in [0.15, 0.2) is 19.3 Å². The molecular formula is C18H15N3O3S4. The summed E-state index contributed by atoms with van der Waals surface area (Å²) in [4.78, 5) is 21.7. The number of nitrogens with zero attached hydrogens (tertiary/aromatic N) is 2. The number of nitrogens with one attached hydrogen (secondary N) is 1. The average Bonchev–Trinajstić information content (AvgIpc) is 3.23. The lowest BCUT2D eigenvalue weighted by Gasteiger charge is -2.03. The summed E-state index contributed by atoms with van der Waals surface area (Å²) in [6, 6.07) is 10.2. The zero-order valence-electron chi connectivity index (χ0n) is 14.9. The first kappa shape index (κ1) is 19.3. The number of hydrogen-bond acceptors (Lipinski definition) is 8. The van der Waals surface area contributed by atoms with Crippen LogP contribution in [0, 0.1) is 0 Å². The predicted molar refractivity (Wildman–Crippen MR) is 116 cm³/mol. The van der Waals surface area contributed by atoms with E-state index < -0.39 is 9.84 Å². The van der Waals surface area contributed by atoms with Gasteiger partial charge in [-0.2, -0.15) is 0 Å². The molecule has 2 aromatic heterocycles. The van der Waals surface area contributed by atoms with Crippen molar-refractivity contribution in [3.05, 3.63) is 42.0 Å². The van der Waals surface area contributed by atoms with Crippen LogP contribution in [-0.4, -0.2) is 36.8 Å².